The topological polar surface area (TPSA) is 301 Å². The van der Waals surface area contributed by atoms with Gasteiger partial charge in [0.05, 0.1) is 43.6 Å². The lowest BCUT2D eigenvalue weighted by Crippen LogP contribution is -2.68. The fourth-order valence-corrected chi connectivity index (χ4v) is 5.61. The average Bonchev–Trinajstić information content (AvgIpc) is 3.21. The highest BCUT2D eigenvalue weighted by atomic mass is 16.8. The third kappa shape index (κ3) is 6.46. The summed E-state index contributed by atoms with van der Waals surface area (Å²) in [5.74, 6) is 0. The molecule has 3 heterocycles. The first-order valence-corrected chi connectivity index (χ1v) is 13.4. The summed E-state index contributed by atoms with van der Waals surface area (Å²) in [5, 5.41) is 72.0. The molecule has 1 saturated carbocycles. The summed E-state index contributed by atoms with van der Waals surface area (Å²) in [6, 6.07) is -3.87. The Morgan fingerprint density at radius 1 is 0.600 bits per heavy atom. The van der Waals surface area contributed by atoms with E-state index in [4.69, 9.17) is 51.4 Å². The van der Waals surface area contributed by atoms with Crippen molar-refractivity contribution >= 4 is 0 Å². The monoisotopic (exact) mass is 584 g/mol. The SMILES string of the molecule is C[C@H]1C[C@H](O)[C@@H](N)[C@@H](O[C@H]2[C@@H](O)[C@H](O[C@@H]3[C@@H](O)[C@H](N)C[C@H](N)[C@H]3O[C@H]3O[C@H](CO)[C@@H](O)[C@H](O)[C@H]3N)O[C@@H]2CO)O1. The number of ether oxygens (including phenoxy) is 6. The van der Waals surface area contributed by atoms with Gasteiger partial charge in [-0.3, -0.25) is 0 Å². The minimum Gasteiger partial charge on any atom is -0.394 e. The number of nitrogens with two attached hydrogens (primary N) is 4. The molecule has 0 aromatic heterocycles. The van der Waals surface area contributed by atoms with Gasteiger partial charge in [0.25, 0.3) is 0 Å². The summed E-state index contributed by atoms with van der Waals surface area (Å²) in [5.41, 5.74) is 24.4. The maximum Gasteiger partial charge on any atom is 0.187 e. The van der Waals surface area contributed by atoms with Crippen molar-refractivity contribution < 1.29 is 64.2 Å². The molecule has 0 spiro atoms. The molecule has 4 aliphatic rings. The number of aliphatic hydroxyl groups excluding tert-OH is 7. The van der Waals surface area contributed by atoms with Crippen LogP contribution >= 0.6 is 0 Å². The molecule has 3 aliphatic heterocycles. The Kier molecular flexibility index (Phi) is 10.7. The molecule has 17 heteroatoms. The molecule has 0 unspecified atom stereocenters. The zero-order valence-electron chi connectivity index (χ0n) is 22.1. The molecule has 4 fully saturated rings. The maximum atomic E-state index is 11.1. The largest absolute Gasteiger partial charge is 0.394 e. The zero-order chi connectivity index (χ0) is 29.5. The van der Waals surface area contributed by atoms with Gasteiger partial charge >= 0.3 is 0 Å². The molecule has 17 nitrogen and oxygen atoms in total. The van der Waals surface area contributed by atoms with E-state index in [0.29, 0.717) is 6.42 Å². The minimum atomic E-state index is -1.52. The Hall–Kier alpha value is -0.680. The van der Waals surface area contributed by atoms with E-state index in [0.717, 1.165) is 0 Å². The zero-order valence-corrected chi connectivity index (χ0v) is 22.1. The van der Waals surface area contributed by atoms with Gasteiger partial charge in [-0.25, -0.2) is 0 Å². The van der Waals surface area contributed by atoms with Crippen LogP contribution in [-0.4, -0.2) is 159 Å². The predicted molar refractivity (Wildman–Crippen MR) is 132 cm³/mol. The van der Waals surface area contributed by atoms with Crippen LogP contribution < -0.4 is 22.9 Å². The normalized spacial score (nSPS) is 54.0. The van der Waals surface area contributed by atoms with Crippen molar-refractivity contribution in [1.82, 2.24) is 0 Å². The van der Waals surface area contributed by atoms with Gasteiger partial charge in [0.15, 0.2) is 18.9 Å². The third-order valence-electron chi connectivity index (χ3n) is 8.04. The Balaban J connectivity index is 1.49. The fraction of sp³-hybridized carbons (Fsp3) is 1.00. The molecule has 0 bridgehead atoms. The van der Waals surface area contributed by atoms with Gasteiger partial charge in [-0.05, 0) is 13.3 Å². The van der Waals surface area contributed by atoms with Gasteiger partial charge in [-0.1, -0.05) is 0 Å². The maximum absolute atomic E-state index is 11.1. The van der Waals surface area contributed by atoms with Crippen molar-refractivity contribution in [3.8, 4) is 0 Å². The summed E-state index contributed by atoms with van der Waals surface area (Å²) < 4.78 is 34.6. The first-order valence-electron chi connectivity index (χ1n) is 13.4. The Bertz CT molecular complexity index is 819. The van der Waals surface area contributed by atoms with Crippen LogP contribution in [0.25, 0.3) is 0 Å². The summed E-state index contributed by atoms with van der Waals surface area (Å²) in [6.07, 6.45) is -16.7. The van der Waals surface area contributed by atoms with Crippen molar-refractivity contribution in [3.63, 3.8) is 0 Å². The van der Waals surface area contributed by atoms with Crippen molar-refractivity contribution in [2.45, 2.75) is 130 Å². The van der Waals surface area contributed by atoms with E-state index >= 15 is 0 Å². The van der Waals surface area contributed by atoms with Crippen molar-refractivity contribution in [2.24, 2.45) is 22.9 Å². The number of aliphatic hydroxyl groups is 7. The Labute approximate surface area is 230 Å². The molecule has 1 aliphatic carbocycles. The lowest BCUT2D eigenvalue weighted by atomic mass is 9.84. The summed E-state index contributed by atoms with van der Waals surface area (Å²) in [6.45, 7) is 0.510. The molecule has 234 valence electrons. The molecule has 0 radical (unpaired) electrons. The van der Waals surface area contributed by atoms with Crippen LogP contribution in [0.15, 0.2) is 0 Å². The van der Waals surface area contributed by atoms with E-state index in [2.05, 4.69) is 0 Å². The third-order valence-corrected chi connectivity index (χ3v) is 8.04. The summed E-state index contributed by atoms with van der Waals surface area (Å²) in [4.78, 5) is 0. The molecule has 0 aromatic carbocycles. The van der Waals surface area contributed by atoms with Gasteiger partial charge in [-0.2, -0.15) is 0 Å². The van der Waals surface area contributed by atoms with Crippen LogP contribution in [0.3, 0.4) is 0 Å². The molecule has 0 aromatic rings. The molecule has 15 N–H and O–H groups in total. The van der Waals surface area contributed by atoms with Crippen LogP contribution in [0.4, 0.5) is 0 Å². The smallest absolute Gasteiger partial charge is 0.187 e. The van der Waals surface area contributed by atoms with Gasteiger partial charge in [0.2, 0.25) is 0 Å². The standard InChI is InChI=1S/C23H44N4O13/c1-6-2-9(30)12(26)21(35-6)39-19-11(5-29)37-23(17(19)34)40-20-14(31)7(24)3-8(25)18(20)38-22-13(27)16(33)15(32)10(4-28)36-22/h6-23,28-34H,2-5,24-27H2,1H3/t6-,7+,8-,9-,10+,11+,12+,13+,14-,15+,16+,17+,18+,19+,20+,21+,22+,23-/m0/s1. The van der Waals surface area contributed by atoms with Crippen molar-refractivity contribution in [3.05, 3.63) is 0 Å². The van der Waals surface area contributed by atoms with Crippen LogP contribution in [0.5, 0.6) is 0 Å². The van der Waals surface area contributed by atoms with E-state index in [1.165, 1.54) is 0 Å². The highest BCUT2D eigenvalue weighted by Gasteiger charge is 2.53. The van der Waals surface area contributed by atoms with E-state index in [-0.39, 0.29) is 12.5 Å². The van der Waals surface area contributed by atoms with E-state index < -0.39 is 117 Å². The molecule has 18 atom stereocenters. The van der Waals surface area contributed by atoms with Gasteiger partial charge in [0.1, 0.15) is 48.8 Å². The number of rotatable bonds is 8. The Morgan fingerprint density at radius 2 is 1.18 bits per heavy atom. The predicted octanol–water partition coefficient (Wildman–Crippen LogP) is -6.77. The lowest BCUT2D eigenvalue weighted by molar-refractivity contribution is -0.310. The van der Waals surface area contributed by atoms with Gasteiger partial charge in [-0.15, -0.1) is 0 Å². The number of hydrogen-bond donors (Lipinski definition) is 11. The average molecular weight is 585 g/mol. The first-order chi connectivity index (χ1) is 18.9. The van der Waals surface area contributed by atoms with E-state index in [1.807, 2.05) is 0 Å². The highest BCUT2D eigenvalue weighted by Crippen LogP contribution is 2.34. The molecule has 40 heavy (non-hydrogen) atoms. The molecule has 4 rings (SSSR count). The second kappa shape index (κ2) is 13.3. The summed E-state index contributed by atoms with van der Waals surface area (Å²) >= 11 is 0. The second-order valence-electron chi connectivity index (χ2n) is 11.1. The molecule has 3 saturated heterocycles. The molecular formula is C23H44N4O13. The van der Waals surface area contributed by atoms with Crippen LogP contribution in [0.2, 0.25) is 0 Å². The molecular weight excluding hydrogens is 540 g/mol. The second-order valence-corrected chi connectivity index (χ2v) is 11.1. The number of hydrogen-bond acceptors (Lipinski definition) is 17. The van der Waals surface area contributed by atoms with E-state index in [9.17, 15) is 35.7 Å². The quantitative estimate of drug-likeness (QED) is 0.126. The molecule has 0 amide bonds. The van der Waals surface area contributed by atoms with Gasteiger partial charge < -0.3 is 87.1 Å². The lowest BCUT2D eigenvalue weighted by Gasteiger charge is -2.47. The van der Waals surface area contributed by atoms with Crippen LogP contribution in [-0.2, 0) is 28.4 Å². The van der Waals surface area contributed by atoms with E-state index in [1.54, 1.807) is 6.92 Å². The highest BCUT2D eigenvalue weighted by molar-refractivity contribution is 5.01. The van der Waals surface area contributed by atoms with Crippen molar-refractivity contribution in [1.29, 1.82) is 0 Å². The van der Waals surface area contributed by atoms with Crippen LogP contribution in [0, 0.1) is 0 Å². The Morgan fingerprint density at radius 3 is 1.82 bits per heavy atom. The van der Waals surface area contributed by atoms with Crippen molar-refractivity contribution in [2.75, 3.05) is 13.2 Å². The van der Waals surface area contributed by atoms with Gasteiger partial charge in [0, 0.05) is 18.5 Å². The minimum absolute atomic E-state index is 0.0960. The summed E-state index contributed by atoms with van der Waals surface area (Å²) in [7, 11) is 0. The van der Waals surface area contributed by atoms with Crippen LogP contribution in [0.1, 0.15) is 19.8 Å². The first kappa shape index (κ1) is 32.2. The fourth-order valence-electron chi connectivity index (χ4n) is 5.61.